The van der Waals surface area contributed by atoms with Gasteiger partial charge >= 0.3 is 5.97 Å². The number of carbonyl (C=O) groups excluding carboxylic acids is 1. The topological polar surface area (TPSA) is 87.9 Å². The minimum atomic E-state index is -0.632. The number of hydrogen-bond donors (Lipinski definition) is 0. The molecule has 2 aromatic carbocycles. The number of fused-ring (bicyclic) bond motifs is 1. The molecule has 0 radical (unpaired) electrons. The van der Waals surface area contributed by atoms with E-state index in [9.17, 15) is 14.9 Å². The molecule has 2 aromatic rings. The van der Waals surface area contributed by atoms with Crippen molar-refractivity contribution in [3.8, 4) is 11.5 Å². The molecule has 1 heterocycles. The van der Waals surface area contributed by atoms with Crippen molar-refractivity contribution in [2.45, 2.75) is 6.61 Å². The summed E-state index contributed by atoms with van der Waals surface area (Å²) in [5.41, 5.74) is 0.860. The average molecular weight is 362 g/mol. The molecule has 0 atom stereocenters. The van der Waals surface area contributed by atoms with Crippen molar-refractivity contribution in [3.63, 3.8) is 0 Å². The summed E-state index contributed by atoms with van der Waals surface area (Å²) in [6, 6.07) is 9.38. The first kappa shape index (κ1) is 16.8. The number of rotatable bonds is 5. The Labute approximate surface area is 147 Å². The van der Waals surface area contributed by atoms with E-state index in [1.165, 1.54) is 24.3 Å². The molecule has 7 nitrogen and oxygen atoms in total. The van der Waals surface area contributed by atoms with Crippen molar-refractivity contribution in [3.05, 3.63) is 68.7 Å². The van der Waals surface area contributed by atoms with E-state index in [0.717, 1.165) is 0 Å². The van der Waals surface area contributed by atoms with Gasteiger partial charge < -0.3 is 14.2 Å². The maximum absolute atomic E-state index is 11.8. The Bertz CT molecular complexity index is 864. The fourth-order valence-electron chi connectivity index (χ4n) is 2.26. The van der Waals surface area contributed by atoms with Crippen molar-refractivity contribution in [1.82, 2.24) is 0 Å². The molecule has 0 aromatic heterocycles. The van der Waals surface area contributed by atoms with Gasteiger partial charge in [0.15, 0.2) is 11.5 Å². The van der Waals surface area contributed by atoms with E-state index in [4.69, 9.17) is 25.8 Å². The van der Waals surface area contributed by atoms with Crippen LogP contribution in [0.5, 0.6) is 11.5 Å². The zero-order valence-electron chi connectivity index (χ0n) is 12.8. The normalized spacial score (nSPS) is 12.4. The highest BCUT2D eigenvalue weighted by molar-refractivity contribution is 6.32. The molecule has 0 unspecified atom stereocenters. The van der Waals surface area contributed by atoms with Gasteiger partial charge in [0.2, 0.25) is 6.79 Å². The molecule has 0 aliphatic carbocycles. The van der Waals surface area contributed by atoms with Crippen LogP contribution in [-0.4, -0.2) is 17.7 Å². The zero-order chi connectivity index (χ0) is 17.8. The van der Waals surface area contributed by atoms with Crippen LogP contribution in [0.4, 0.5) is 5.69 Å². The summed E-state index contributed by atoms with van der Waals surface area (Å²) >= 11 is 6.06. The number of esters is 1. The van der Waals surface area contributed by atoms with Gasteiger partial charge in [0.25, 0.3) is 5.69 Å². The second kappa shape index (κ2) is 7.23. The first-order chi connectivity index (χ1) is 12.0. The highest BCUT2D eigenvalue weighted by Gasteiger charge is 2.18. The van der Waals surface area contributed by atoms with Crippen LogP contribution >= 0.6 is 11.6 Å². The summed E-state index contributed by atoms with van der Waals surface area (Å²) < 4.78 is 15.5. The first-order valence-corrected chi connectivity index (χ1v) is 7.58. The molecule has 128 valence electrons. The molecule has 0 fully saturated rings. The van der Waals surface area contributed by atoms with E-state index in [-0.39, 0.29) is 19.1 Å². The van der Waals surface area contributed by atoms with Crippen molar-refractivity contribution in [2.75, 3.05) is 6.79 Å². The largest absolute Gasteiger partial charge is 0.457 e. The maximum atomic E-state index is 11.8. The summed E-state index contributed by atoms with van der Waals surface area (Å²) in [4.78, 5) is 22.2. The Hall–Kier alpha value is -3.06. The van der Waals surface area contributed by atoms with Gasteiger partial charge in [-0.2, -0.15) is 0 Å². The number of nitro benzene ring substituents is 1. The number of nitrogens with zero attached hydrogens (tertiary/aromatic N) is 1. The lowest BCUT2D eigenvalue weighted by Gasteiger charge is -2.03. The Morgan fingerprint density at radius 3 is 2.92 bits per heavy atom. The zero-order valence-corrected chi connectivity index (χ0v) is 13.6. The lowest BCUT2D eigenvalue weighted by atomic mass is 10.2. The van der Waals surface area contributed by atoms with Gasteiger partial charge in [-0.3, -0.25) is 10.1 Å². The van der Waals surface area contributed by atoms with Gasteiger partial charge in [-0.15, -0.1) is 0 Å². The third-order valence-electron chi connectivity index (χ3n) is 3.42. The minimum Gasteiger partial charge on any atom is -0.457 e. The van der Waals surface area contributed by atoms with Crippen molar-refractivity contribution < 1.29 is 23.9 Å². The van der Waals surface area contributed by atoms with Crippen LogP contribution in [0.25, 0.3) is 6.08 Å². The van der Waals surface area contributed by atoms with Crippen LogP contribution in [0.2, 0.25) is 5.02 Å². The van der Waals surface area contributed by atoms with Crippen molar-refractivity contribution >= 4 is 29.3 Å². The third-order valence-corrected chi connectivity index (χ3v) is 3.70. The number of hydrogen-bond acceptors (Lipinski definition) is 6. The molecule has 0 N–H and O–H groups in total. The van der Waals surface area contributed by atoms with Crippen LogP contribution in [-0.2, 0) is 16.1 Å². The van der Waals surface area contributed by atoms with E-state index >= 15 is 0 Å². The highest BCUT2D eigenvalue weighted by Crippen LogP contribution is 2.40. The van der Waals surface area contributed by atoms with Gasteiger partial charge in [0.05, 0.1) is 15.5 Å². The smallest absolute Gasteiger partial charge is 0.331 e. The van der Waals surface area contributed by atoms with E-state index in [1.807, 2.05) is 0 Å². The van der Waals surface area contributed by atoms with Crippen LogP contribution in [0.1, 0.15) is 11.1 Å². The monoisotopic (exact) mass is 361 g/mol. The summed E-state index contributed by atoms with van der Waals surface area (Å²) in [5, 5.41) is 11.3. The molecule has 25 heavy (non-hydrogen) atoms. The van der Waals surface area contributed by atoms with E-state index in [2.05, 4.69) is 0 Å². The number of ether oxygens (including phenoxy) is 3. The van der Waals surface area contributed by atoms with Gasteiger partial charge in [-0.1, -0.05) is 23.7 Å². The molecule has 8 heteroatoms. The molecule has 0 bridgehead atoms. The average Bonchev–Trinajstić information content (AvgIpc) is 3.07. The molecule has 0 amide bonds. The fourth-order valence-corrected chi connectivity index (χ4v) is 2.53. The number of nitro groups is 1. The van der Waals surface area contributed by atoms with Gasteiger partial charge in [0.1, 0.15) is 6.61 Å². The van der Waals surface area contributed by atoms with E-state index in [0.29, 0.717) is 27.6 Å². The number of carbonyl (C=O) groups is 1. The SMILES string of the molecule is O=C(/C=C/c1cc(Cl)c2c(c1)OCO2)OCc1ccccc1[N+](=O)[O-]. The van der Waals surface area contributed by atoms with Crippen molar-refractivity contribution in [1.29, 1.82) is 0 Å². The molecule has 1 aliphatic rings. The Balaban J connectivity index is 1.65. The molecule has 0 saturated heterocycles. The van der Waals surface area contributed by atoms with Crippen LogP contribution in [0.15, 0.2) is 42.5 Å². The third kappa shape index (κ3) is 3.89. The van der Waals surface area contributed by atoms with Crippen LogP contribution in [0.3, 0.4) is 0 Å². The lowest BCUT2D eigenvalue weighted by molar-refractivity contribution is -0.385. The summed E-state index contributed by atoms with van der Waals surface area (Å²) in [6.07, 6.45) is 2.72. The molecular weight excluding hydrogens is 350 g/mol. The lowest BCUT2D eigenvalue weighted by Crippen LogP contribution is -2.03. The molecular formula is C17H12ClNO6. The van der Waals surface area contributed by atoms with Gasteiger partial charge in [-0.25, -0.2) is 4.79 Å². The summed E-state index contributed by atoms with van der Waals surface area (Å²) in [6.45, 7) is -0.0949. The number of benzene rings is 2. The second-order valence-electron chi connectivity index (χ2n) is 5.06. The maximum Gasteiger partial charge on any atom is 0.331 e. The van der Waals surface area contributed by atoms with Crippen LogP contribution < -0.4 is 9.47 Å². The van der Waals surface area contributed by atoms with Crippen LogP contribution in [0, 0.1) is 10.1 Å². The molecule has 1 aliphatic heterocycles. The number of halogens is 1. The predicted octanol–water partition coefficient (Wildman–Crippen LogP) is 3.73. The quantitative estimate of drug-likeness (QED) is 0.349. The Morgan fingerprint density at radius 2 is 2.12 bits per heavy atom. The van der Waals surface area contributed by atoms with E-state index < -0.39 is 10.9 Å². The minimum absolute atomic E-state index is 0.0955. The number of para-hydroxylation sites is 1. The Morgan fingerprint density at radius 1 is 1.32 bits per heavy atom. The molecule has 3 rings (SSSR count). The standard InChI is InChI=1S/C17H12ClNO6/c18-13-7-11(8-15-17(13)25-10-24-15)5-6-16(20)23-9-12-3-1-2-4-14(12)19(21)22/h1-8H,9-10H2/b6-5+. The fraction of sp³-hybridized carbons (Fsp3) is 0.118. The molecule has 0 saturated carbocycles. The van der Waals surface area contributed by atoms with Crippen molar-refractivity contribution in [2.24, 2.45) is 0 Å². The van der Waals surface area contributed by atoms with Gasteiger partial charge in [-0.05, 0) is 29.8 Å². The highest BCUT2D eigenvalue weighted by atomic mass is 35.5. The predicted molar refractivity (Wildman–Crippen MR) is 89.5 cm³/mol. The Kier molecular flexibility index (Phi) is 4.85. The second-order valence-corrected chi connectivity index (χ2v) is 5.47. The summed E-state index contributed by atoms with van der Waals surface area (Å²) in [7, 11) is 0. The first-order valence-electron chi connectivity index (χ1n) is 7.21. The molecule has 0 spiro atoms. The van der Waals surface area contributed by atoms with Gasteiger partial charge in [0, 0.05) is 12.1 Å². The van der Waals surface area contributed by atoms with E-state index in [1.54, 1.807) is 24.3 Å². The summed E-state index contributed by atoms with van der Waals surface area (Å²) in [5.74, 6) is 0.338.